The van der Waals surface area contributed by atoms with Crippen molar-refractivity contribution in [2.45, 2.75) is 0 Å². The van der Waals surface area contributed by atoms with Crippen LogP contribution in [0.5, 0.6) is 34.5 Å². The highest BCUT2D eigenvalue weighted by Gasteiger charge is 2.19. The Hall–Kier alpha value is -5.12. The number of carbonyl (C=O) groups excluding carboxylic acids is 8. The van der Waals surface area contributed by atoms with Crippen LogP contribution in [-0.2, 0) is 66.8 Å². The van der Waals surface area contributed by atoms with E-state index in [1.807, 2.05) is 0 Å². The Morgan fingerprint density at radius 2 is 0.621 bits per heavy atom. The zero-order valence-electron chi connectivity index (χ0n) is 33.0. The van der Waals surface area contributed by atoms with Crippen molar-refractivity contribution in [2.24, 2.45) is 0 Å². The maximum Gasteiger partial charge on any atom is 0.349 e. The molecule has 26 heteroatoms. The van der Waals surface area contributed by atoms with Gasteiger partial charge in [-0.15, -0.1) is 0 Å². The first-order chi connectivity index (χ1) is 31.3. The predicted octanol–water partition coefficient (Wildman–Crippen LogP) is 8.43. The van der Waals surface area contributed by atoms with E-state index in [0.717, 1.165) is 0 Å². The average Bonchev–Trinajstić information content (AvgIpc) is 3.24. The molecule has 0 N–H and O–H groups in total. The first-order valence-corrected chi connectivity index (χ1v) is 20.7. The molecule has 0 unspecified atom stereocenters. The molecular weight excluding hydrogens is 1050 g/mol. The van der Waals surface area contributed by atoms with Crippen molar-refractivity contribution in [1.82, 2.24) is 0 Å². The predicted molar refractivity (Wildman–Crippen MR) is 234 cm³/mol. The monoisotopic (exact) mass is 1080 g/mol. The molecule has 0 bridgehead atoms. The van der Waals surface area contributed by atoms with Crippen molar-refractivity contribution in [3.63, 3.8) is 0 Å². The first kappa shape index (κ1) is 55.2. The fourth-order valence-electron chi connectivity index (χ4n) is 4.10. The Bertz CT molecular complexity index is 2250. The summed E-state index contributed by atoms with van der Waals surface area (Å²) in [6.07, 6.45) is 0. The summed E-state index contributed by atoms with van der Waals surface area (Å²) < 4.78 is 49.6. The van der Waals surface area contributed by atoms with E-state index in [0.29, 0.717) is 10.0 Å². The number of ether oxygens (including phenoxy) is 10. The summed E-state index contributed by atoms with van der Waals surface area (Å²) in [5, 5.41) is -0.0268. The van der Waals surface area contributed by atoms with E-state index in [9.17, 15) is 38.4 Å². The number of rotatable bonds is 22. The summed E-state index contributed by atoms with van der Waals surface area (Å²) in [5.41, 5.74) is 0. The third kappa shape index (κ3) is 21.9. The average molecular weight is 1080 g/mol. The van der Waals surface area contributed by atoms with Crippen LogP contribution < -0.4 is 18.9 Å². The molecule has 0 saturated heterocycles. The lowest BCUT2D eigenvalue weighted by atomic mass is 10.3. The molecule has 0 saturated carbocycles. The highest BCUT2D eigenvalue weighted by atomic mass is 35.5. The van der Waals surface area contributed by atoms with E-state index >= 15 is 0 Å². The zero-order chi connectivity index (χ0) is 48.8. The number of hydrogen-bond acceptors (Lipinski definition) is 18. The van der Waals surface area contributed by atoms with E-state index in [-0.39, 0.29) is 54.6 Å². The van der Waals surface area contributed by atoms with Crippen LogP contribution in [0.1, 0.15) is 0 Å². The molecule has 0 aliphatic rings. The standard InChI is InChI=1S/C32H20Cl6O11.C8H8Cl2O7/c33-17-1-5-23(21(37)9-17)46-25-7-3-19(35)11-27(25)48-31(41)15-44-29(39)13-43-14-30(40)45-16-32(42)49-28-12-20(36)4-8-26(28)47-24-6-2-18(34)10-22(24)38;9-5(11)1-16-7(13)3-15-4-8(14)17-2-6(10)12/h1-12H,13-16H2;1-4H2. The molecule has 0 aromatic heterocycles. The van der Waals surface area contributed by atoms with Crippen molar-refractivity contribution in [3.05, 3.63) is 103 Å². The molecule has 4 aromatic rings. The highest BCUT2D eigenvalue weighted by molar-refractivity contribution is 6.64. The first-order valence-electron chi connectivity index (χ1n) is 17.7. The van der Waals surface area contributed by atoms with Gasteiger partial charge in [0, 0.05) is 32.2 Å². The minimum absolute atomic E-state index is 0.0813. The fraction of sp³-hybridized carbons (Fsp3) is 0.200. The number of benzene rings is 4. The van der Waals surface area contributed by atoms with Crippen LogP contribution in [0, 0.1) is 0 Å². The minimum atomic E-state index is -1.01. The van der Waals surface area contributed by atoms with Crippen LogP contribution >= 0.6 is 92.8 Å². The van der Waals surface area contributed by atoms with Crippen molar-refractivity contribution >= 4 is 139 Å². The SMILES string of the molecule is O=C(COCC(=O)OCC(=O)Oc1cc(Cl)ccc1Oc1ccc(Cl)cc1Cl)OCC(=O)Oc1cc(Cl)ccc1Oc1ccc(Cl)cc1Cl.O=C(Cl)COC(=O)COCC(=O)OCC(=O)Cl. The number of halogens is 8. The number of esters is 6. The number of carbonyl (C=O) groups is 8. The van der Waals surface area contributed by atoms with Crippen LogP contribution in [0.15, 0.2) is 72.8 Å². The second-order valence-corrected chi connectivity index (χ2v) is 15.2. The molecule has 0 heterocycles. The maximum atomic E-state index is 12.3. The third-order valence-corrected chi connectivity index (χ3v) is 8.51. The normalized spacial score (nSPS) is 10.3. The molecule has 66 heavy (non-hydrogen) atoms. The molecule has 4 aromatic carbocycles. The van der Waals surface area contributed by atoms with Gasteiger partial charge in [0.25, 0.3) is 10.5 Å². The highest BCUT2D eigenvalue weighted by Crippen LogP contribution is 2.39. The lowest BCUT2D eigenvalue weighted by Crippen LogP contribution is -2.24. The second kappa shape index (κ2) is 28.8. The van der Waals surface area contributed by atoms with E-state index in [1.54, 1.807) is 12.1 Å². The lowest BCUT2D eigenvalue weighted by molar-refractivity contribution is -0.162. The van der Waals surface area contributed by atoms with Crippen molar-refractivity contribution in [3.8, 4) is 34.5 Å². The van der Waals surface area contributed by atoms with Gasteiger partial charge in [-0.25, -0.2) is 28.8 Å². The molecule has 18 nitrogen and oxygen atoms in total. The van der Waals surface area contributed by atoms with Gasteiger partial charge >= 0.3 is 35.8 Å². The van der Waals surface area contributed by atoms with Gasteiger partial charge in [-0.1, -0.05) is 69.6 Å². The second-order valence-electron chi connectivity index (χ2n) is 11.8. The van der Waals surface area contributed by atoms with Gasteiger partial charge in [-0.2, -0.15) is 0 Å². The van der Waals surface area contributed by atoms with Crippen LogP contribution in [0.2, 0.25) is 30.1 Å². The van der Waals surface area contributed by atoms with Crippen LogP contribution in [0.25, 0.3) is 0 Å². The van der Waals surface area contributed by atoms with Crippen molar-refractivity contribution in [1.29, 1.82) is 0 Å². The smallest absolute Gasteiger partial charge is 0.349 e. The minimum Gasteiger partial charge on any atom is -0.455 e. The Labute approximate surface area is 412 Å². The Morgan fingerprint density at radius 1 is 0.333 bits per heavy atom. The summed E-state index contributed by atoms with van der Waals surface area (Å²) >= 11 is 45.9. The molecule has 0 spiro atoms. The van der Waals surface area contributed by atoms with E-state index < -0.39 is 99.2 Å². The molecule has 0 radical (unpaired) electrons. The topological polar surface area (TPSA) is 229 Å². The van der Waals surface area contributed by atoms with Gasteiger partial charge in [-0.3, -0.25) is 9.59 Å². The van der Waals surface area contributed by atoms with Gasteiger partial charge in [0.05, 0.1) is 10.0 Å². The summed E-state index contributed by atoms with van der Waals surface area (Å²) in [6.45, 7) is -5.34. The molecular formula is C40H28Cl8O18. The summed E-state index contributed by atoms with van der Waals surface area (Å²) in [5.74, 6) is -5.23. The van der Waals surface area contributed by atoms with Gasteiger partial charge in [0.1, 0.15) is 37.9 Å². The van der Waals surface area contributed by atoms with Crippen LogP contribution in [0.4, 0.5) is 0 Å². The quantitative estimate of drug-likeness (QED) is 0.0311. The molecule has 352 valence electrons. The lowest BCUT2D eigenvalue weighted by Gasteiger charge is -2.13. The zero-order valence-corrected chi connectivity index (χ0v) is 39.0. The largest absolute Gasteiger partial charge is 0.455 e. The molecule has 0 atom stereocenters. The number of hydrogen-bond donors (Lipinski definition) is 0. The van der Waals surface area contributed by atoms with Gasteiger partial charge in [-0.05, 0) is 83.9 Å². The molecule has 0 amide bonds. The van der Waals surface area contributed by atoms with E-state index in [4.69, 9.17) is 126 Å². The summed E-state index contributed by atoms with van der Waals surface area (Å²) in [6, 6.07) is 17.5. The van der Waals surface area contributed by atoms with Gasteiger partial charge in [0.2, 0.25) is 0 Å². The Morgan fingerprint density at radius 3 is 0.924 bits per heavy atom. The van der Waals surface area contributed by atoms with Crippen molar-refractivity contribution in [2.75, 3.05) is 52.9 Å². The summed E-state index contributed by atoms with van der Waals surface area (Å²) in [7, 11) is 0. The molecule has 0 fully saturated rings. The Kier molecular flexibility index (Phi) is 24.1. The van der Waals surface area contributed by atoms with Gasteiger partial charge < -0.3 is 47.4 Å². The van der Waals surface area contributed by atoms with Crippen LogP contribution in [0.3, 0.4) is 0 Å². The molecule has 0 aliphatic carbocycles. The van der Waals surface area contributed by atoms with Crippen LogP contribution in [-0.4, -0.2) is 99.2 Å². The van der Waals surface area contributed by atoms with E-state index in [1.165, 1.54) is 60.7 Å². The fourth-order valence-corrected chi connectivity index (χ4v) is 5.43. The maximum absolute atomic E-state index is 12.3. The van der Waals surface area contributed by atoms with Crippen molar-refractivity contribution < 1.29 is 85.7 Å². The Balaban J connectivity index is 0.000000576. The van der Waals surface area contributed by atoms with E-state index in [2.05, 4.69) is 14.2 Å². The molecule has 4 rings (SSSR count). The molecule has 0 aliphatic heterocycles. The van der Waals surface area contributed by atoms with Gasteiger partial charge in [0.15, 0.2) is 49.4 Å². The summed E-state index contributed by atoms with van der Waals surface area (Å²) in [4.78, 5) is 90.7. The third-order valence-electron chi connectivity index (χ3n) is 6.76.